The molecule has 1 amide bonds. The van der Waals surface area contributed by atoms with E-state index in [1.54, 1.807) is 24.0 Å². The Balaban J connectivity index is 0.00000420. The number of alkyl halides is 3. The number of ether oxygens (including phenoxy) is 2. The molecule has 1 fully saturated rings. The molecule has 1 saturated heterocycles. The molecule has 29 heavy (non-hydrogen) atoms. The zero-order chi connectivity index (χ0) is 20.6. The minimum atomic E-state index is -4.37. The average Bonchev–Trinajstić information content (AvgIpc) is 2.66. The van der Waals surface area contributed by atoms with Crippen LogP contribution >= 0.6 is 24.0 Å². The number of carbonyl (C=O) groups is 1. The average molecular weight is 530 g/mol. The number of nitrogens with one attached hydrogen (secondary N) is 1. The summed E-state index contributed by atoms with van der Waals surface area (Å²) in [5.74, 6) is 0.427. The van der Waals surface area contributed by atoms with Crippen LogP contribution in [0.1, 0.15) is 25.3 Å². The standard InChI is InChI=1S/C18H25F3N4O3.HI/c1-2-27-17(26)25-9-7-14(8-10-25)24-16(22)23-11-13-3-5-15(6-4-13)28-12-18(19,20)21;/h3-6,14H,2,7-12H2,1H3,(H3,22,23,24);1H. The first-order valence-corrected chi connectivity index (χ1v) is 9.03. The molecule has 0 atom stereocenters. The molecule has 1 aromatic carbocycles. The van der Waals surface area contributed by atoms with E-state index in [9.17, 15) is 18.0 Å². The summed E-state index contributed by atoms with van der Waals surface area (Å²) >= 11 is 0. The van der Waals surface area contributed by atoms with Crippen molar-refractivity contribution in [1.82, 2.24) is 10.2 Å². The van der Waals surface area contributed by atoms with Crippen molar-refractivity contribution in [3.63, 3.8) is 0 Å². The minimum absolute atomic E-state index is 0. The molecule has 0 radical (unpaired) electrons. The van der Waals surface area contributed by atoms with Gasteiger partial charge in [0.25, 0.3) is 0 Å². The number of amides is 1. The number of aliphatic imine (C=N–C) groups is 1. The van der Waals surface area contributed by atoms with Gasteiger partial charge in [-0.1, -0.05) is 12.1 Å². The summed E-state index contributed by atoms with van der Waals surface area (Å²) in [7, 11) is 0. The van der Waals surface area contributed by atoms with E-state index in [2.05, 4.69) is 15.0 Å². The predicted molar refractivity (Wildman–Crippen MR) is 113 cm³/mol. The second-order valence-corrected chi connectivity index (χ2v) is 6.35. The molecule has 0 aliphatic carbocycles. The van der Waals surface area contributed by atoms with Crippen LogP contribution in [0.3, 0.4) is 0 Å². The first kappa shape index (κ1) is 25.1. The molecule has 1 aliphatic heterocycles. The molecule has 2 rings (SSSR count). The second kappa shape index (κ2) is 11.9. The van der Waals surface area contributed by atoms with Crippen LogP contribution in [0, 0.1) is 0 Å². The van der Waals surface area contributed by atoms with Crippen LogP contribution in [0.15, 0.2) is 29.3 Å². The molecule has 7 nitrogen and oxygen atoms in total. The number of piperidine rings is 1. The molecule has 1 aromatic rings. The van der Waals surface area contributed by atoms with E-state index in [1.807, 2.05) is 0 Å². The lowest BCUT2D eigenvalue weighted by molar-refractivity contribution is -0.153. The van der Waals surface area contributed by atoms with Gasteiger partial charge in [-0.15, -0.1) is 24.0 Å². The molecule has 0 aromatic heterocycles. The maximum absolute atomic E-state index is 12.1. The van der Waals surface area contributed by atoms with Gasteiger partial charge in [-0.05, 0) is 37.5 Å². The molecule has 11 heteroatoms. The SMILES string of the molecule is CCOC(=O)N1CCC(NC(N)=NCc2ccc(OCC(F)(F)F)cc2)CC1.I. The van der Waals surface area contributed by atoms with Crippen molar-refractivity contribution in [1.29, 1.82) is 0 Å². The van der Waals surface area contributed by atoms with Gasteiger partial charge in [0.05, 0.1) is 13.2 Å². The first-order chi connectivity index (χ1) is 13.3. The van der Waals surface area contributed by atoms with Gasteiger partial charge >= 0.3 is 12.3 Å². The summed E-state index contributed by atoms with van der Waals surface area (Å²) in [6, 6.07) is 6.32. The van der Waals surface area contributed by atoms with E-state index >= 15 is 0 Å². The fraction of sp³-hybridized carbons (Fsp3) is 0.556. The van der Waals surface area contributed by atoms with Gasteiger partial charge in [0.1, 0.15) is 5.75 Å². The molecule has 0 unspecified atom stereocenters. The summed E-state index contributed by atoms with van der Waals surface area (Å²) in [4.78, 5) is 17.6. The number of nitrogens with two attached hydrogens (primary N) is 1. The zero-order valence-electron chi connectivity index (χ0n) is 16.1. The summed E-state index contributed by atoms with van der Waals surface area (Å²) in [5.41, 5.74) is 6.70. The van der Waals surface area contributed by atoms with Gasteiger partial charge in [0, 0.05) is 19.1 Å². The molecular weight excluding hydrogens is 504 g/mol. The van der Waals surface area contributed by atoms with Gasteiger partial charge in [0.2, 0.25) is 0 Å². The zero-order valence-corrected chi connectivity index (χ0v) is 18.4. The lowest BCUT2D eigenvalue weighted by Gasteiger charge is -2.31. The number of guanidine groups is 1. The van der Waals surface area contributed by atoms with Crippen molar-refractivity contribution in [3.8, 4) is 5.75 Å². The third-order valence-corrected chi connectivity index (χ3v) is 4.13. The number of rotatable bonds is 6. The summed E-state index contributed by atoms with van der Waals surface area (Å²) in [6.45, 7) is 2.27. The van der Waals surface area contributed by atoms with Crippen molar-refractivity contribution in [2.75, 3.05) is 26.3 Å². The molecule has 164 valence electrons. The number of halogens is 4. The first-order valence-electron chi connectivity index (χ1n) is 9.03. The summed E-state index contributed by atoms with van der Waals surface area (Å²) < 4.78 is 46.0. The monoisotopic (exact) mass is 530 g/mol. The fourth-order valence-electron chi connectivity index (χ4n) is 2.71. The normalized spacial score (nSPS) is 15.4. The van der Waals surface area contributed by atoms with Crippen LogP contribution in [0.2, 0.25) is 0 Å². The predicted octanol–water partition coefficient (Wildman–Crippen LogP) is 3.27. The molecule has 1 aliphatic rings. The Morgan fingerprint density at radius 3 is 2.45 bits per heavy atom. The van der Waals surface area contributed by atoms with Crippen molar-refractivity contribution in [2.45, 2.75) is 38.5 Å². The highest BCUT2D eigenvalue weighted by Crippen LogP contribution is 2.19. The number of benzene rings is 1. The van der Waals surface area contributed by atoms with Crippen LogP contribution in [0.25, 0.3) is 0 Å². The van der Waals surface area contributed by atoms with E-state index in [0.29, 0.717) is 26.2 Å². The quantitative estimate of drug-likeness (QED) is 0.335. The van der Waals surface area contributed by atoms with E-state index in [1.165, 1.54) is 12.1 Å². The fourth-order valence-corrected chi connectivity index (χ4v) is 2.71. The maximum Gasteiger partial charge on any atom is 0.422 e. The Kier molecular flexibility index (Phi) is 10.3. The van der Waals surface area contributed by atoms with E-state index in [4.69, 9.17) is 10.5 Å². The van der Waals surface area contributed by atoms with Crippen LogP contribution < -0.4 is 15.8 Å². The van der Waals surface area contributed by atoms with Crippen molar-refractivity contribution in [2.24, 2.45) is 10.7 Å². The molecule has 3 N–H and O–H groups in total. The van der Waals surface area contributed by atoms with Crippen LogP contribution in [0.5, 0.6) is 5.75 Å². The van der Waals surface area contributed by atoms with Crippen LogP contribution in [-0.4, -0.2) is 55.5 Å². The number of hydrogen-bond donors (Lipinski definition) is 2. The Labute approximate surface area is 184 Å². The molecular formula is C18H26F3IN4O3. The van der Waals surface area contributed by atoms with E-state index in [-0.39, 0.29) is 47.8 Å². The highest BCUT2D eigenvalue weighted by molar-refractivity contribution is 14.0. The Morgan fingerprint density at radius 2 is 1.90 bits per heavy atom. The van der Waals surface area contributed by atoms with Crippen molar-refractivity contribution >= 4 is 36.0 Å². The number of likely N-dealkylation sites (tertiary alicyclic amines) is 1. The number of nitrogens with zero attached hydrogens (tertiary/aromatic N) is 2. The minimum Gasteiger partial charge on any atom is -0.484 e. The highest BCUT2D eigenvalue weighted by Gasteiger charge is 2.28. The number of hydrogen-bond acceptors (Lipinski definition) is 4. The topological polar surface area (TPSA) is 89.2 Å². The lowest BCUT2D eigenvalue weighted by atomic mass is 10.1. The molecule has 1 heterocycles. The molecule has 0 spiro atoms. The molecule has 0 bridgehead atoms. The van der Waals surface area contributed by atoms with E-state index in [0.717, 1.165) is 18.4 Å². The Morgan fingerprint density at radius 1 is 1.28 bits per heavy atom. The van der Waals surface area contributed by atoms with Crippen molar-refractivity contribution in [3.05, 3.63) is 29.8 Å². The van der Waals surface area contributed by atoms with E-state index < -0.39 is 12.8 Å². The van der Waals surface area contributed by atoms with Crippen molar-refractivity contribution < 1.29 is 27.4 Å². The summed E-state index contributed by atoms with van der Waals surface area (Å²) in [6.07, 6.45) is -3.19. The van der Waals surface area contributed by atoms with Gasteiger partial charge < -0.3 is 25.4 Å². The third-order valence-electron chi connectivity index (χ3n) is 4.13. The Bertz CT molecular complexity index is 663. The molecule has 0 saturated carbocycles. The van der Waals surface area contributed by atoms with Crippen LogP contribution in [0.4, 0.5) is 18.0 Å². The Hall–Kier alpha value is -1.92. The third kappa shape index (κ3) is 9.41. The van der Waals surface area contributed by atoms with Gasteiger partial charge in [-0.25, -0.2) is 9.79 Å². The van der Waals surface area contributed by atoms with Crippen LogP contribution in [-0.2, 0) is 11.3 Å². The van der Waals surface area contributed by atoms with Gasteiger partial charge in [0.15, 0.2) is 12.6 Å². The van der Waals surface area contributed by atoms with Gasteiger partial charge in [-0.2, -0.15) is 13.2 Å². The maximum atomic E-state index is 12.1. The largest absolute Gasteiger partial charge is 0.484 e. The second-order valence-electron chi connectivity index (χ2n) is 6.35. The smallest absolute Gasteiger partial charge is 0.422 e. The number of carbonyl (C=O) groups excluding carboxylic acids is 1. The lowest BCUT2D eigenvalue weighted by Crippen LogP contribution is -2.48. The van der Waals surface area contributed by atoms with Gasteiger partial charge in [-0.3, -0.25) is 0 Å². The summed E-state index contributed by atoms with van der Waals surface area (Å²) in [5, 5.41) is 3.13. The highest BCUT2D eigenvalue weighted by atomic mass is 127.